The number of carbonyl (C=O) groups is 2. The van der Waals surface area contributed by atoms with E-state index in [0.29, 0.717) is 74.2 Å². The standard InChI is InChI=1S/C31H52IN3O7S2/c1-24(2)9-8-13-34-29(37)22-40-19-20-41-30(43-44-31(4,5)6)23-42-27-11-7-10-26(21-27)35-28(36)12-15-38-17-18-39-16-14-33-25(3)32/h7-11,21,24-25,30,33H,12-20,22-23H2,1-6H3,(H,34,37)(H,35,36)/b9-8+/t25?,30-/m0/s1. The van der Waals surface area contributed by atoms with Crippen LogP contribution in [0.2, 0.25) is 0 Å². The molecule has 0 saturated carbocycles. The normalized spacial score (nSPS) is 13.3. The molecule has 1 rings (SSSR count). The summed E-state index contributed by atoms with van der Waals surface area (Å²) in [6.45, 7) is 16.7. The van der Waals surface area contributed by atoms with Gasteiger partial charge in [0.1, 0.15) is 24.4 Å². The number of carbonyl (C=O) groups excluding carboxylic acids is 2. The molecule has 2 atom stereocenters. The molecule has 1 aromatic rings. The van der Waals surface area contributed by atoms with Gasteiger partial charge in [0.25, 0.3) is 0 Å². The molecule has 0 heterocycles. The zero-order valence-corrected chi connectivity index (χ0v) is 30.8. The van der Waals surface area contributed by atoms with Crippen LogP contribution in [0.5, 0.6) is 5.75 Å². The Morgan fingerprint density at radius 1 is 0.977 bits per heavy atom. The van der Waals surface area contributed by atoms with Crippen molar-refractivity contribution in [1.82, 2.24) is 10.6 Å². The molecule has 252 valence electrons. The Morgan fingerprint density at radius 3 is 2.41 bits per heavy atom. The van der Waals surface area contributed by atoms with Gasteiger partial charge in [0.15, 0.2) is 0 Å². The Balaban J connectivity index is 2.38. The average Bonchev–Trinajstić information content (AvgIpc) is 2.94. The molecule has 0 fully saturated rings. The Morgan fingerprint density at radius 2 is 1.70 bits per heavy atom. The van der Waals surface area contributed by atoms with Crippen LogP contribution in [0, 0.1) is 5.92 Å². The highest BCUT2D eigenvalue weighted by atomic mass is 127. The molecule has 3 N–H and O–H groups in total. The van der Waals surface area contributed by atoms with Gasteiger partial charge in [0.2, 0.25) is 11.8 Å². The second-order valence-corrected chi connectivity index (χ2v) is 16.1. The molecule has 13 heteroatoms. The molecular formula is C31H52IN3O7S2. The minimum atomic E-state index is -0.261. The van der Waals surface area contributed by atoms with Gasteiger partial charge in [-0.05, 0) is 25.0 Å². The number of benzene rings is 1. The predicted molar refractivity (Wildman–Crippen MR) is 191 cm³/mol. The maximum Gasteiger partial charge on any atom is 0.246 e. The van der Waals surface area contributed by atoms with Crippen molar-refractivity contribution >= 4 is 61.7 Å². The van der Waals surface area contributed by atoms with Gasteiger partial charge >= 0.3 is 0 Å². The van der Waals surface area contributed by atoms with Gasteiger partial charge in [-0.2, -0.15) is 0 Å². The van der Waals surface area contributed by atoms with Crippen LogP contribution in [0.25, 0.3) is 0 Å². The topological polar surface area (TPSA) is 116 Å². The molecule has 0 radical (unpaired) electrons. The summed E-state index contributed by atoms with van der Waals surface area (Å²) in [4.78, 5) is 24.3. The van der Waals surface area contributed by atoms with Gasteiger partial charge in [-0.3, -0.25) is 9.59 Å². The smallest absolute Gasteiger partial charge is 0.246 e. The zero-order chi connectivity index (χ0) is 32.6. The second kappa shape index (κ2) is 25.1. The van der Waals surface area contributed by atoms with E-state index < -0.39 is 0 Å². The summed E-state index contributed by atoms with van der Waals surface area (Å²) in [5.41, 5.74) is 0.386. The minimum absolute atomic E-state index is 0.0146. The third-order valence-corrected chi connectivity index (χ3v) is 9.09. The van der Waals surface area contributed by atoms with Crippen molar-refractivity contribution in [3.63, 3.8) is 0 Å². The van der Waals surface area contributed by atoms with E-state index in [0.717, 1.165) is 6.54 Å². The van der Waals surface area contributed by atoms with Gasteiger partial charge < -0.3 is 39.6 Å². The van der Waals surface area contributed by atoms with Crippen LogP contribution < -0.4 is 20.7 Å². The van der Waals surface area contributed by atoms with Crippen molar-refractivity contribution in [3.8, 4) is 5.75 Å². The maximum absolute atomic E-state index is 12.4. The van der Waals surface area contributed by atoms with E-state index in [2.05, 4.69) is 80.1 Å². The number of hydrogen-bond acceptors (Lipinski definition) is 10. The van der Waals surface area contributed by atoms with E-state index in [1.165, 1.54) is 0 Å². The van der Waals surface area contributed by atoms with E-state index in [9.17, 15) is 9.59 Å². The molecule has 0 saturated heterocycles. The highest BCUT2D eigenvalue weighted by Gasteiger charge is 2.18. The first-order valence-electron chi connectivity index (χ1n) is 15.0. The van der Waals surface area contributed by atoms with Crippen molar-refractivity contribution in [1.29, 1.82) is 0 Å². The number of halogens is 1. The maximum atomic E-state index is 12.4. The lowest BCUT2D eigenvalue weighted by Crippen LogP contribution is -2.28. The molecule has 44 heavy (non-hydrogen) atoms. The van der Waals surface area contributed by atoms with Gasteiger partial charge in [-0.25, -0.2) is 0 Å². The predicted octanol–water partition coefficient (Wildman–Crippen LogP) is 5.67. The van der Waals surface area contributed by atoms with Crippen molar-refractivity contribution in [2.75, 3.05) is 71.3 Å². The average molecular weight is 770 g/mol. The summed E-state index contributed by atoms with van der Waals surface area (Å²) >= 11 is 2.30. The molecule has 0 aliphatic carbocycles. The Hall–Kier alpha value is -1.07. The van der Waals surface area contributed by atoms with Crippen LogP contribution in [0.3, 0.4) is 0 Å². The summed E-state index contributed by atoms with van der Waals surface area (Å²) in [7, 11) is 3.30. The van der Waals surface area contributed by atoms with Crippen LogP contribution in [0.15, 0.2) is 36.4 Å². The lowest BCUT2D eigenvalue weighted by atomic mass is 10.2. The molecule has 0 aliphatic rings. The molecule has 0 aliphatic heterocycles. The molecule has 0 aromatic heterocycles. The molecule has 2 amide bonds. The number of ether oxygens (including phenoxy) is 5. The van der Waals surface area contributed by atoms with E-state index in [1.54, 1.807) is 27.7 Å². The van der Waals surface area contributed by atoms with Gasteiger partial charge in [-0.1, -0.05) is 97.0 Å². The molecule has 10 nitrogen and oxygen atoms in total. The number of anilines is 1. The molecule has 1 unspecified atom stereocenters. The summed E-state index contributed by atoms with van der Waals surface area (Å²) in [5.74, 6) is 0.774. The van der Waals surface area contributed by atoms with Crippen molar-refractivity contribution in [2.45, 2.75) is 62.2 Å². The lowest BCUT2D eigenvalue weighted by molar-refractivity contribution is -0.126. The van der Waals surface area contributed by atoms with Crippen LogP contribution in [-0.2, 0) is 28.5 Å². The third-order valence-electron chi connectivity index (χ3n) is 5.13. The van der Waals surface area contributed by atoms with Crippen LogP contribution in [0.4, 0.5) is 5.69 Å². The zero-order valence-electron chi connectivity index (χ0n) is 27.0. The first-order chi connectivity index (χ1) is 20.9. The molecular weight excluding hydrogens is 717 g/mol. The Kier molecular flexibility index (Phi) is 23.3. The molecule has 0 bridgehead atoms. The lowest BCUT2D eigenvalue weighted by Gasteiger charge is -2.22. The van der Waals surface area contributed by atoms with E-state index in [4.69, 9.17) is 23.7 Å². The van der Waals surface area contributed by atoms with Crippen molar-refractivity contribution < 1.29 is 33.3 Å². The highest BCUT2D eigenvalue weighted by molar-refractivity contribution is 14.1. The number of amides is 2. The number of nitrogens with one attached hydrogen (secondary N) is 3. The first kappa shape index (κ1) is 41.0. The quantitative estimate of drug-likeness (QED) is 0.0219. The first-order valence-corrected chi connectivity index (χ1v) is 18.4. The summed E-state index contributed by atoms with van der Waals surface area (Å²) in [6.07, 6.45) is 4.22. The fourth-order valence-corrected chi connectivity index (χ4v) is 5.64. The molecule has 1 aromatic carbocycles. The third kappa shape index (κ3) is 25.2. The van der Waals surface area contributed by atoms with E-state index >= 15 is 0 Å². The van der Waals surface area contributed by atoms with Crippen LogP contribution in [0.1, 0.15) is 48.0 Å². The highest BCUT2D eigenvalue weighted by Crippen LogP contribution is 2.38. The van der Waals surface area contributed by atoms with Crippen LogP contribution >= 0.6 is 44.2 Å². The van der Waals surface area contributed by atoms with E-state index in [1.807, 2.05) is 30.4 Å². The van der Waals surface area contributed by atoms with Gasteiger partial charge in [0.05, 0.1) is 50.1 Å². The van der Waals surface area contributed by atoms with Crippen molar-refractivity contribution in [3.05, 3.63) is 36.4 Å². The Bertz CT molecular complexity index is 949. The summed E-state index contributed by atoms with van der Waals surface area (Å²) in [5, 5.41) is 8.96. The molecule has 0 spiro atoms. The fourth-order valence-electron chi connectivity index (χ4n) is 3.14. The van der Waals surface area contributed by atoms with Crippen molar-refractivity contribution in [2.24, 2.45) is 5.92 Å². The minimum Gasteiger partial charge on any atom is -0.490 e. The second-order valence-electron chi connectivity index (χ2n) is 11.1. The van der Waals surface area contributed by atoms with Gasteiger partial charge in [-0.15, -0.1) is 0 Å². The van der Waals surface area contributed by atoms with E-state index in [-0.39, 0.29) is 35.0 Å². The fraction of sp³-hybridized carbons (Fsp3) is 0.677. The number of alkyl halides is 1. The monoisotopic (exact) mass is 769 g/mol. The Labute approximate surface area is 285 Å². The number of rotatable bonds is 25. The van der Waals surface area contributed by atoms with Gasteiger partial charge in [0, 0.05) is 29.6 Å². The number of allylic oxidation sites excluding steroid dienone is 1. The summed E-state index contributed by atoms with van der Waals surface area (Å²) in [6, 6.07) is 7.27. The number of hydrogen-bond donors (Lipinski definition) is 3. The van der Waals surface area contributed by atoms with Crippen LogP contribution in [-0.4, -0.2) is 92.0 Å². The largest absolute Gasteiger partial charge is 0.490 e. The SMILES string of the molecule is CC(C)/C=C/CNC(=O)COCCO[C@H](COc1cccc(NC(=O)CCOCCOCCNC(C)I)c1)SSC(C)(C)C. The summed E-state index contributed by atoms with van der Waals surface area (Å²) < 4.78 is 29.0.